The number of amides is 2. The summed E-state index contributed by atoms with van der Waals surface area (Å²) < 4.78 is 0. The number of carbonyl (C=O) groups is 2. The third kappa shape index (κ3) is 2.22. The summed E-state index contributed by atoms with van der Waals surface area (Å²) in [5, 5.41) is 18.1. The fourth-order valence-electron chi connectivity index (χ4n) is 1.82. The van der Waals surface area contributed by atoms with Crippen LogP contribution < -0.4 is 4.90 Å². The molecule has 0 bridgehead atoms. The quantitative estimate of drug-likeness (QED) is 0.819. The number of urea groups is 1. The number of carboxylic acids is 1. The summed E-state index contributed by atoms with van der Waals surface area (Å²) in [6.07, 6.45) is 0. The summed E-state index contributed by atoms with van der Waals surface area (Å²) in [5.74, 6) is -1.26. The van der Waals surface area contributed by atoms with Gasteiger partial charge in [0.2, 0.25) is 0 Å². The number of hydrogen-bond acceptors (Lipinski definition) is 3. The summed E-state index contributed by atoms with van der Waals surface area (Å²) in [4.78, 5) is 25.5. The molecule has 96 valence electrons. The Bertz CT molecular complexity index is 483. The minimum Gasteiger partial charge on any atom is -0.508 e. The number of carbonyl (C=O) groups excluding carboxylic acids is 1. The van der Waals surface area contributed by atoms with E-state index in [0.717, 1.165) is 0 Å². The lowest BCUT2D eigenvalue weighted by molar-refractivity contribution is -0.145. The number of rotatable bonds is 2. The third-order valence-electron chi connectivity index (χ3n) is 3.01. The second kappa shape index (κ2) is 4.56. The molecule has 2 N–H and O–H groups in total. The minimum atomic E-state index is -0.876. The molecule has 2 rings (SSSR count). The Morgan fingerprint density at radius 2 is 2.06 bits per heavy atom. The molecule has 1 fully saturated rings. The number of phenolic OH excluding ortho intramolecular Hbond substituents is 1. The zero-order valence-corrected chi connectivity index (χ0v) is 9.91. The van der Waals surface area contributed by atoms with Crippen molar-refractivity contribution in [2.45, 2.75) is 0 Å². The molecular formula is C12H14N2O4. The van der Waals surface area contributed by atoms with Gasteiger partial charge in [0.1, 0.15) is 5.75 Å². The molecule has 0 spiro atoms. The number of aromatic hydroxyl groups is 1. The van der Waals surface area contributed by atoms with E-state index in [1.165, 1.54) is 21.9 Å². The lowest BCUT2D eigenvalue weighted by Crippen LogP contribution is -2.56. The number of aliphatic carboxylic acids is 1. The van der Waals surface area contributed by atoms with Crippen LogP contribution in [0.25, 0.3) is 0 Å². The van der Waals surface area contributed by atoms with Crippen LogP contribution in [0.15, 0.2) is 24.3 Å². The highest BCUT2D eigenvalue weighted by Crippen LogP contribution is 2.23. The normalized spacial score (nSPS) is 15.1. The second-order valence-corrected chi connectivity index (χ2v) is 4.30. The summed E-state index contributed by atoms with van der Waals surface area (Å²) >= 11 is 0. The first-order chi connectivity index (χ1) is 8.49. The van der Waals surface area contributed by atoms with Crippen molar-refractivity contribution in [1.82, 2.24) is 4.90 Å². The molecule has 0 aliphatic carbocycles. The maximum absolute atomic E-state index is 12.0. The Balaban J connectivity index is 2.00. The van der Waals surface area contributed by atoms with E-state index in [4.69, 9.17) is 5.11 Å². The molecule has 1 saturated heterocycles. The number of likely N-dealkylation sites (tertiary alicyclic amines) is 1. The number of nitrogens with zero attached hydrogens (tertiary/aromatic N) is 2. The van der Waals surface area contributed by atoms with Crippen molar-refractivity contribution in [3.63, 3.8) is 0 Å². The molecule has 1 aromatic rings. The molecule has 0 atom stereocenters. The zero-order chi connectivity index (χ0) is 13.3. The van der Waals surface area contributed by atoms with E-state index in [1.807, 2.05) is 0 Å². The Kier molecular flexibility index (Phi) is 3.10. The van der Waals surface area contributed by atoms with E-state index in [1.54, 1.807) is 19.2 Å². The first kappa shape index (κ1) is 12.2. The third-order valence-corrected chi connectivity index (χ3v) is 3.01. The molecule has 0 saturated carbocycles. The van der Waals surface area contributed by atoms with Crippen molar-refractivity contribution in [3.8, 4) is 5.75 Å². The molecule has 1 aliphatic heterocycles. The highest BCUT2D eigenvalue weighted by Gasteiger charge is 2.37. The highest BCUT2D eigenvalue weighted by atomic mass is 16.4. The number of benzene rings is 1. The molecule has 1 aromatic carbocycles. The molecule has 18 heavy (non-hydrogen) atoms. The average Bonchev–Trinajstić information content (AvgIpc) is 2.25. The number of anilines is 1. The van der Waals surface area contributed by atoms with Gasteiger partial charge in [0.15, 0.2) is 0 Å². The van der Waals surface area contributed by atoms with Gasteiger partial charge in [-0.25, -0.2) is 4.79 Å². The molecule has 6 nitrogen and oxygen atoms in total. The van der Waals surface area contributed by atoms with Crippen molar-refractivity contribution in [2.24, 2.45) is 5.92 Å². The molecule has 6 heteroatoms. The van der Waals surface area contributed by atoms with Gasteiger partial charge in [-0.2, -0.15) is 0 Å². The van der Waals surface area contributed by atoms with Crippen molar-refractivity contribution in [3.05, 3.63) is 24.3 Å². The molecule has 0 radical (unpaired) electrons. The van der Waals surface area contributed by atoms with E-state index in [9.17, 15) is 14.7 Å². The minimum absolute atomic E-state index is 0.0826. The van der Waals surface area contributed by atoms with Crippen LogP contribution in [0.4, 0.5) is 10.5 Å². The Morgan fingerprint density at radius 3 is 2.61 bits per heavy atom. The van der Waals surface area contributed by atoms with Crippen LogP contribution in [-0.2, 0) is 4.79 Å². The monoisotopic (exact) mass is 250 g/mol. The predicted octanol–water partition coefficient (Wildman–Crippen LogP) is 0.965. The van der Waals surface area contributed by atoms with Crippen molar-refractivity contribution in [2.75, 3.05) is 25.0 Å². The van der Waals surface area contributed by atoms with Crippen LogP contribution in [0.2, 0.25) is 0 Å². The Labute approximate surface area is 104 Å². The van der Waals surface area contributed by atoms with Crippen LogP contribution >= 0.6 is 0 Å². The van der Waals surface area contributed by atoms with Crippen molar-refractivity contribution < 1.29 is 19.8 Å². The van der Waals surface area contributed by atoms with Gasteiger partial charge >= 0.3 is 12.0 Å². The number of carboxylic acid groups (broad SMARTS) is 1. The second-order valence-electron chi connectivity index (χ2n) is 4.30. The Hall–Kier alpha value is -2.24. The summed E-state index contributed by atoms with van der Waals surface area (Å²) in [6, 6.07) is 6.08. The van der Waals surface area contributed by atoms with Gasteiger partial charge in [-0.3, -0.25) is 9.69 Å². The smallest absolute Gasteiger partial charge is 0.324 e. The maximum atomic E-state index is 12.0. The van der Waals surface area contributed by atoms with E-state index < -0.39 is 11.9 Å². The predicted molar refractivity (Wildman–Crippen MR) is 64.6 cm³/mol. The van der Waals surface area contributed by atoms with Gasteiger partial charge < -0.3 is 15.1 Å². The van der Waals surface area contributed by atoms with E-state index in [-0.39, 0.29) is 24.9 Å². The van der Waals surface area contributed by atoms with Crippen LogP contribution in [0, 0.1) is 5.92 Å². The fourth-order valence-corrected chi connectivity index (χ4v) is 1.82. The molecule has 1 heterocycles. The Morgan fingerprint density at radius 1 is 1.39 bits per heavy atom. The molecule has 0 aromatic heterocycles. The SMILES string of the molecule is CN(C(=O)N1CC(C(=O)O)C1)c1cccc(O)c1. The van der Waals surface area contributed by atoms with E-state index in [2.05, 4.69) is 0 Å². The molecular weight excluding hydrogens is 236 g/mol. The summed E-state index contributed by atoms with van der Waals surface area (Å²) in [5.41, 5.74) is 0.568. The molecule has 0 unspecified atom stereocenters. The van der Waals surface area contributed by atoms with Crippen LogP contribution in [0.5, 0.6) is 5.75 Å². The number of hydrogen-bond donors (Lipinski definition) is 2. The lowest BCUT2D eigenvalue weighted by Gasteiger charge is -2.38. The van der Waals surface area contributed by atoms with Gasteiger partial charge in [-0.1, -0.05) is 6.07 Å². The maximum Gasteiger partial charge on any atom is 0.324 e. The van der Waals surface area contributed by atoms with Crippen molar-refractivity contribution >= 4 is 17.7 Å². The largest absolute Gasteiger partial charge is 0.508 e. The van der Waals surface area contributed by atoms with Crippen molar-refractivity contribution in [1.29, 1.82) is 0 Å². The van der Waals surface area contributed by atoms with Crippen LogP contribution in [0.1, 0.15) is 0 Å². The first-order valence-corrected chi connectivity index (χ1v) is 5.53. The standard InChI is InChI=1S/C12H14N2O4/c1-13(9-3-2-4-10(15)5-9)12(18)14-6-8(7-14)11(16)17/h2-5,8,15H,6-7H2,1H3,(H,16,17). The van der Waals surface area contributed by atoms with Crippen LogP contribution in [0.3, 0.4) is 0 Å². The zero-order valence-electron chi connectivity index (χ0n) is 9.91. The number of phenols is 1. The average molecular weight is 250 g/mol. The lowest BCUT2D eigenvalue weighted by atomic mass is 10.0. The molecule has 1 aliphatic rings. The van der Waals surface area contributed by atoms with E-state index in [0.29, 0.717) is 5.69 Å². The topological polar surface area (TPSA) is 81.1 Å². The molecule has 2 amide bonds. The van der Waals surface area contributed by atoms with Crippen LogP contribution in [-0.4, -0.2) is 47.3 Å². The van der Waals surface area contributed by atoms with Gasteiger partial charge in [-0.15, -0.1) is 0 Å². The highest BCUT2D eigenvalue weighted by molar-refractivity contribution is 5.93. The summed E-state index contributed by atoms with van der Waals surface area (Å²) in [7, 11) is 1.59. The summed E-state index contributed by atoms with van der Waals surface area (Å²) in [6.45, 7) is 0.467. The van der Waals surface area contributed by atoms with Gasteiger partial charge in [0.05, 0.1) is 5.92 Å². The van der Waals surface area contributed by atoms with Gasteiger partial charge in [0.25, 0.3) is 0 Å². The van der Waals surface area contributed by atoms with E-state index >= 15 is 0 Å². The fraction of sp³-hybridized carbons (Fsp3) is 0.333. The van der Waals surface area contributed by atoms with Gasteiger partial charge in [-0.05, 0) is 12.1 Å². The van der Waals surface area contributed by atoms with Gasteiger partial charge in [0, 0.05) is 31.9 Å². The first-order valence-electron chi connectivity index (χ1n) is 5.53.